The van der Waals surface area contributed by atoms with Gasteiger partial charge in [0.25, 0.3) is 0 Å². The molecule has 0 fully saturated rings. The van der Waals surface area contributed by atoms with Gasteiger partial charge < -0.3 is 10.0 Å². The van der Waals surface area contributed by atoms with Crippen molar-refractivity contribution in [1.29, 1.82) is 5.26 Å². The van der Waals surface area contributed by atoms with Gasteiger partial charge in [0, 0.05) is 17.3 Å². The highest BCUT2D eigenvalue weighted by Gasteiger charge is 2.38. The van der Waals surface area contributed by atoms with Crippen LogP contribution in [0.3, 0.4) is 0 Å². The van der Waals surface area contributed by atoms with Crippen molar-refractivity contribution in [3.8, 4) is 6.07 Å². The van der Waals surface area contributed by atoms with Gasteiger partial charge in [-0.05, 0) is 59.7 Å². The molecule has 4 rings (SSSR count). The van der Waals surface area contributed by atoms with E-state index >= 15 is 0 Å². The summed E-state index contributed by atoms with van der Waals surface area (Å²) < 4.78 is 98.9. The molecule has 0 bridgehead atoms. The summed E-state index contributed by atoms with van der Waals surface area (Å²) in [5, 5.41) is 18.8. The van der Waals surface area contributed by atoms with E-state index in [0.29, 0.717) is 5.56 Å². The Morgan fingerprint density at radius 1 is 0.800 bits per heavy atom. The van der Waals surface area contributed by atoms with Crippen molar-refractivity contribution in [1.82, 2.24) is 4.31 Å². The summed E-state index contributed by atoms with van der Waals surface area (Å²) in [5.74, 6) is -15.1. The van der Waals surface area contributed by atoms with Crippen LogP contribution in [0.25, 0.3) is 0 Å². The molecule has 0 heterocycles. The zero-order valence-corrected chi connectivity index (χ0v) is 24.2. The number of amides is 1. The molecule has 0 atom stereocenters. The Morgan fingerprint density at radius 2 is 1.38 bits per heavy atom. The van der Waals surface area contributed by atoms with E-state index in [1.165, 1.54) is 66.7 Å². The maximum absolute atomic E-state index is 14.8. The van der Waals surface area contributed by atoms with E-state index in [1.807, 2.05) is 6.07 Å². The molecule has 1 N–H and O–H groups in total. The predicted molar refractivity (Wildman–Crippen MR) is 151 cm³/mol. The second-order valence-corrected chi connectivity index (χ2v) is 11.8. The van der Waals surface area contributed by atoms with Crippen LogP contribution in [0.1, 0.15) is 27.0 Å². The molecule has 15 heteroatoms. The molecular weight excluding hydrogens is 645 g/mol. The van der Waals surface area contributed by atoms with Gasteiger partial charge >= 0.3 is 5.97 Å². The first-order valence-corrected chi connectivity index (χ1v) is 14.4. The Labute approximate surface area is 258 Å². The van der Waals surface area contributed by atoms with Gasteiger partial charge in [-0.25, -0.2) is 35.2 Å². The normalized spacial score (nSPS) is 11.3. The molecule has 45 heavy (non-hydrogen) atoms. The minimum absolute atomic E-state index is 0.0624. The Bertz CT molecular complexity index is 1910. The fourth-order valence-electron chi connectivity index (χ4n) is 4.23. The Balaban J connectivity index is 1.82. The molecule has 232 valence electrons. The van der Waals surface area contributed by atoms with E-state index in [9.17, 15) is 50.3 Å². The highest BCUT2D eigenvalue weighted by Crippen LogP contribution is 2.30. The van der Waals surface area contributed by atoms with E-state index in [4.69, 9.17) is 11.6 Å². The lowest BCUT2D eigenvalue weighted by Gasteiger charge is -2.28. The van der Waals surface area contributed by atoms with Crippen LogP contribution in [0.2, 0.25) is 5.02 Å². The van der Waals surface area contributed by atoms with Crippen LogP contribution in [-0.2, 0) is 27.9 Å². The van der Waals surface area contributed by atoms with E-state index in [1.54, 1.807) is 6.07 Å². The lowest BCUT2D eigenvalue weighted by atomic mass is 10.1. The first-order valence-electron chi connectivity index (χ1n) is 12.6. The average Bonchev–Trinajstić information content (AvgIpc) is 3.02. The van der Waals surface area contributed by atoms with Gasteiger partial charge in [-0.2, -0.15) is 9.57 Å². The molecule has 4 aromatic carbocycles. The summed E-state index contributed by atoms with van der Waals surface area (Å²) in [7, 11) is -5.61. The number of sulfonamides is 1. The quantitative estimate of drug-likeness (QED) is 0.126. The zero-order valence-electron chi connectivity index (χ0n) is 22.6. The molecule has 0 aliphatic carbocycles. The van der Waals surface area contributed by atoms with Crippen LogP contribution >= 0.6 is 11.6 Å². The van der Waals surface area contributed by atoms with E-state index in [0.717, 1.165) is 4.90 Å². The van der Waals surface area contributed by atoms with Crippen molar-refractivity contribution in [2.75, 3.05) is 11.4 Å². The van der Waals surface area contributed by atoms with Crippen molar-refractivity contribution in [2.45, 2.75) is 18.0 Å². The lowest BCUT2D eigenvalue weighted by Crippen LogP contribution is -2.43. The van der Waals surface area contributed by atoms with Crippen LogP contribution in [0.15, 0.2) is 77.7 Å². The van der Waals surface area contributed by atoms with Gasteiger partial charge in [-0.3, -0.25) is 4.79 Å². The number of carbonyl (C=O) groups is 2. The lowest BCUT2D eigenvalue weighted by molar-refractivity contribution is -0.119. The maximum atomic E-state index is 14.8. The molecule has 0 radical (unpaired) electrons. The van der Waals surface area contributed by atoms with Gasteiger partial charge in [-0.15, -0.1) is 0 Å². The van der Waals surface area contributed by atoms with Gasteiger partial charge in [0.2, 0.25) is 21.7 Å². The number of hydrogen-bond acceptors (Lipinski definition) is 5. The third kappa shape index (κ3) is 7.12. The Kier molecular flexibility index (Phi) is 9.87. The topological polar surface area (TPSA) is 119 Å². The summed E-state index contributed by atoms with van der Waals surface area (Å²) in [6.07, 6.45) is 0. The number of rotatable bonds is 10. The van der Waals surface area contributed by atoms with Crippen molar-refractivity contribution < 1.29 is 45.1 Å². The van der Waals surface area contributed by atoms with Crippen molar-refractivity contribution in [3.05, 3.63) is 129 Å². The number of carbonyl (C=O) groups excluding carboxylic acids is 1. The number of aromatic carboxylic acids is 1. The van der Waals surface area contributed by atoms with Crippen LogP contribution in [0.5, 0.6) is 0 Å². The van der Waals surface area contributed by atoms with Gasteiger partial charge in [0.1, 0.15) is 0 Å². The Morgan fingerprint density at radius 3 is 1.93 bits per heavy atom. The number of benzene rings is 4. The molecule has 0 aromatic heterocycles. The second-order valence-electron chi connectivity index (χ2n) is 9.44. The smallest absolute Gasteiger partial charge is 0.335 e. The Hall–Kier alpha value is -4.84. The summed E-state index contributed by atoms with van der Waals surface area (Å²) >= 11 is 5.88. The first-order chi connectivity index (χ1) is 21.2. The molecule has 0 saturated heterocycles. The molecule has 0 saturated carbocycles. The second kappa shape index (κ2) is 13.4. The first kappa shape index (κ1) is 33.1. The number of nitriles is 1. The van der Waals surface area contributed by atoms with Crippen LogP contribution < -0.4 is 4.90 Å². The number of anilines is 1. The molecule has 0 aliphatic heterocycles. The fourth-order valence-corrected chi connectivity index (χ4v) is 5.84. The number of hydrogen-bond donors (Lipinski definition) is 1. The summed E-state index contributed by atoms with van der Waals surface area (Å²) in [6, 6.07) is 18.1. The fraction of sp³-hybridized carbons (Fsp3) is 0.100. The van der Waals surface area contributed by atoms with Crippen molar-refractivity contribution >= 4 is 39.2 Å². The van der Waals surface area contributed by atoms with Gasteiger partial charge in [0.15, 0.2) is 28.2 Å². The summed E-state index contributed by atoms with van der Waals surface area (Å²) in [6.45, 7) is -2.23. The van der Waals surface area contributed by atoms with Gasteiger partial charge in [0.05, 0.1) is 30.3 Å². The van der Waals surface area contributed by atoms with Crippen molar-refractivity contribution in [2.24, 2.45) is 0 Å². The zero-order chi connectivity index (χ0) is 33.1. The molecule has 0 unspecified atom stereocenters. The largest absolute Gasteiger partial charge is 0.478 e. The van der Waals surface area contributed by atoms with E-state index in [2.05, 4.69) is 0 Å². The average molecular weight is 664 g/mol. The molecule has 4 aromatic rings. The SMILES string of the molecule is N#Cc1cccc(CN(C(=O)CN(Cc2ccc(Cl)cc2)S(=O)(=O)c2c(F)c(F)c(F)c(F)c2F)c2ccc(C(=O)O)cc2)c1. The van der Waals surface area contributed by atoms with Crippen molar-refractivity contribution in [3.63, 3.8) is 0 Å². The molecule has 0 aliphatic rings. The molecule has 8 nitrogen and oxygen atoms in total. The maximum Gasteiger partial charge on any atom is 0.335 e. The third-order valence-corrected chi connectivity index (χ3v) is 8.54. The molecule has 1 amide bonds. The monoisotopic (exact) mass is 663 g/mol. The number of halogens is 6. The number of carboxylic acids is 1. The molecular formula is C30H19ClF5N3O5S. The van der Waals surface area contributed by atoms with E-state index < -0.39 is 69.0 Å². The van der Waals surface area contributed by atoms with Gasteiger partial charge in [-0.1, -0.05) is 35.9 Å². The predicted octanol–water partition coefficient (Wildman–Crippen LogP) is 6.03. The van der Waals surface area contributed by atoms with Crippen LogP contribution in [0.4, 0.5) is 27.6 Å². The highest BCUT2D eigenvalue weighted by molar-refractivity contribution is 7.89. The minimum Gasteiger partial charge on any atom is -0.478 e. The van der Waals surface area contributed by atoms with Crippen LogP contribution in [0, 0.1) is 40.4 Å². The number of nitrogens with zero attached hydrogens (tertiary/aromatic N) is 3. The third-order valence-electron chi connectivity index (χ3n) is 6.47. The minimum atomic E-state index is -5.61. The van der Waals surface area contributed by atoms with Crippen LogP contribution in [-0.4, -0.2) is 36.3 Å². The molecule has 0 spiro atoms. The standard InChI is InChI=1S/C30H19ClF5N3O5S/c31-21-8-4-17(5-9-21)14-38(45(43,44)29-27(35)25(33)24(32)26(34)28(29)36)16-23(40)39(15-19-3-1-2-18(12-19)13-37)22-10-6-20(7-11-22)30(41)42/h1-12H,14-16H2,(H,41,42). The van der Waals surface area contributed by atoms with E-state index in [-0.39, 0.29) is 38.3 Å². The highest BCUT2D eigenvalue weighted by atomic mass is 35.5. The number of carboxylic acid groups (broad SMARTS) is 1. The summed E-state index contributed by atoms with van der Waals surface area (Å²) in [5.41, 5.74) is 0.665. The summed E-state index contributed by atoms with van der Waals surface area (Å²) in [4.78, 5) is 24.0.